The van der Waals surface area contributed by atoms with Gasteiger partial charge in [-0.25, -0.2) is 4.39 Å². The van der Waals surface area contributed by atoms with Crippen LogP contribution in [0.5, 0.6) is 5.75 Å². The van der Waals surface area contributed by atoms with Crippen LogP contribution in [0, 0.1) is 5.82 Å². The Morgan fingerprint density at radius 3 is 2.86 bits per heavy atom. The Hall–Kier alpha value is -1.91. The van der Waals surface area contributed by atoms with E-state index in [-0.39, 0.29) is 5.82 Å². The molecule has 0 radical (unpaired) electrons. The summed E-state index contributed by atoms with van der Waals surface area (Å²) in [6.45, 7) is 2.51. The van der Waals surface area contributed by atoms with Crippen LogP contribution in [-0.2, 0) is 0 Å². The number of hydrogen-bond acceptors (Lipinski definition) is 3. The van der Waals surface area contributed by atoms with Crippen LogP contribution in [0.15, 0.2) is 48.5 Å². The molecule has 2 nitrogen and oxygen atoms in total. The Bertz CT molecular complexity index is 766. The zero-order valence-electron chi connectivity index (χ0n) is 11.5. The molecule has 0 aliphatic rings. The molecule has 1 aromatic heterocycles. The van der Waals surface area contributed by atoms with Gasteiger partial charge >= 0.3 is 0 Å². The predicted molar refractivity (Wildman–Crippen MR) is 83.5 cm³/mol. The summed E-state index contributed by atoms with van der Waals surface area (Å²) in [5.74, 6) is 0.473. The molecule has 0 amide bonds. The van der Waals surface area contributed by atoms with Gasteiger partial charge in [-0.05, 0) is 54.3 Å². The number of benzene rings is 2. The fraction of sp³-hybridized carbons (Fsp3) is 0.176. The molecule has 0 saturated heterocycles. The number of fused-ring (bicyclic) bond motifs is 1. The fourth-order valence-corrected chi connectivity index (χ4v) is 3.33. The zero-order chi connectivity index (χ0) is 14.8. The van der Waals surface area contributed by atoms with Gasteiger partial charge in [-0.15, -0.1) is 11.3 Å². The first-order chi connectivity index (χ1) is 10.2. The van der Waals surface area contributed by atoms with E-state index in [4.69, 9.17) is 4.74 Å². The minimum absolute atomic E-state index is 0.264. The summed E-state index contributed by atoms with van der Waals surface area (Å²) in [5, 5.41) is 11.3. The second-order valence-corrected chi connectivity index (χ2v) is 5.85. The Morgan fingerprint density at radius 1 is 1.19 bits per heavy atom. The minimum Gasteiger partial charge on any atom is -0.494 e. The molecule has 3 aromatic rings. The number of halogens is 1. The lowest BCUT2D eigenvalue weighted by molar-refractivity contribution is 0.223. The SMILES string of the molecule is CCOc1cccc(C(O)c2cc3cc(F)ccc3s2)c1. The molecule has 3 rings (SSSR count). The summed E-state index contributed by atoms with van der Waals surface area (Å²) in [5.41, 5.74) is 0.771. The monoisotopic (exact) mass is 302 g/mol. The standard InChI is InChI=1S/C17H15FO2S/c1-2-20-14-5-3-4-11(9-14)17(19)16-10-12-8-13(18)6-7-15(12)21-16/h3-10,17,19H,2H2,1H3. The Balaban J connectivity index is 1.95. The quantitative estimate of drug-likeness (QED) is 0.767. The van der Waals surface area contributed by atoms with Crippen LogP contribution in [-0.4, -0.2) is 11.7 Å². The van der Waals surface area contributed by atoms with Crippen molar-refractivity contribution in [2.45, 2.75) is 13.0 Å². The van der Waals surface area contributed by atoms with Gasteiger partial charge in [-0.2, -0.15) is 0 Å². The third-order valence-corrected chi connectivity index (χ3v) is 4.42. The van der Waals surface area contributed by atoms with Crippen LogP contribution in [0.25, 0.3) is 10.1 Å². The van der Waals surface area contributed by atoms with Crippen molar-refractivity contribution in [3.05, 3.63) is 64.8 Å². The number of hydrogen-bond donors (Lipinski definition) is 1. The van der Waals surface area contributed by atoms with E-state index < -0.39 is 6.10 Å². The van der Waals surface area contributed by atoms with E-state index >= 15 is 0 Å². The summed E-state index contributed by atoms with van der Waals surface area (Å²) in [6.07, 6.45) is -0.731. The summed E-state index contributed by atoms with van der Waals surface area (Å²) in [7, 11) is 0. The van der Waals surface area contributed by atoms with E-state index in [0.717, 1.165) is 26.3 Å². The van der Waals surface area contributed by atoms with Crippen molar-refractivity contribution in [1.29, 1.82) is 0 Å². The van der Waals surface area contributed by atoms with Crippen molar-refractivity contribution in [2.75, 3.05) is 6.61 Å². The molecule has 1 N–H and O–H groups in total. The molecule has 1 atom stereocenters. The smallest absolute Gasteiger partial charge is 0.123 e. The zero-order valence-corrected chi connectivity index (χ0v) is 12.4. The van der Waals surface area contributed by atoms with Crippen molar-refractivity contribution >= 4 is 21.4 Å². The molecule has 0 aliphatic carbocycles. The Morgan fingerprint density at radius 2 is 2.05 bits per heavy atom. The van der Waals surface area contributed by atoms with E-state index in [0.29, 0.717) is 6.61 Å². The highest BCUT2D eigenvalue weighted by atomic mass is 32.1. The molecule has 0 saturated carbocycles. The molecule has 0 aliphatic heterocycles. The van der Waals surface area contributed by atoms with E-state index in [1.54, 1.807) is 6.07 Å². The van der Waals surface area contributed by atoms with Gasteiger partial charge < -0.3 is 9.84 Å². The number of aliphatic hydroxyl groups excluding tert-OH is 1. The molecule has 0 spiro atoms. The number of thiophene rings is 1. The molecular formula is C17H15FO2S. The molecule has 2 aromatic carbocycles. The summed E-state index contributed by atoms with van der Waals surface area (Å²) in [4.78, 5) is 0.796. The van der Waals surface area contributed by atoms with Crippen molar-refractivity contribution in [2.24, 2.45) is 0 Å². The molecule has 1 unspecified atom stereocenters. The van der Waals surface area contributed by atoms with Crippen molar-refractivity contribution in [3.8, 4) is 5.75 Å². The van der Waals surface area contributed by atoms with Crippen molar-refractivity contribution in [1.82, 2.24) is 0 Å². The number of ether oxygens (including phenoxy) is 1. The second kappa shape index (κ2) is 5.84. The van der Waals surface area contributed by atoms with Crippen LogP contribution in [0.1, 0.15) is 23.5 Å². The van der Waals surface area contributed by atoms with Crippen molar-refractivity contribution < 1.29 is 14.2 Å². The maximum atomic E-state index is 13.2. The van der Waals surface area contributed by atoms with Gasteiger partial charge in [0.2, 0.25) is 0 Å². The van der Waals surface area contributed by atoms with Gasteiger partial charge in [0.15, 0.2) is 0 Å². The summed E-state index contributed by atoms with van der Waals surface area (Å²) in [6, 6.07) is 13.9. The molecule has 0 fully saturated rings. The first-order valence-electron chi connectivity index (χ1n) is 6.77. The molecule has 21 heavy (non-hydrogen) atoms. The maximum absolute atomic E-state index is 13.2. The Labute approximate surface area is 126 Å². The summed E-state index contributed by atoms with van der Waals surface area (Å²) < 4.78 is 19.6. The van der Waals surface area contributed by atoms with Crippen LogP contribution < -0.4 is 4.74 Å². The normalized spacial score (nSPS) is 12.5. The first kappa shape index (κ1) is 14.0. The van der Waals surface area contributed by atoms with Crippen molar-refractivity contribution in [3.63, 3.8) is 0 Å². The largest absolute Gasteiger partial charge is 0.494 e. The molecular weight excluding hydrogens is 287 g/mol. The van der Waals surface area contributed by atoms with Crippen LogP contribution in [0.4, 0.5) is 4.39 Å². The van der Waals surface area contributed by atoms with E-state index in [9.17, 15) is 9.50 Å². The third kappa shape index (κ3) is 2.91. The van der Waals surface area contributed by atoms with E-state index in [2.05, 4.69) is 0 Å². The van der Waals surface area contributed by atoms with Gasteiger partial charge in [0, 0.05) is 9.58 Å². The maximum Gasteiger partial charge on any atom is 0.123 e. The molecule has 4 heteroatoms. The van der Waals surface area contributed by atoms with Gasteiger partial charge in [-0.3, -0.25) is 0 Å². The minimum atomic E-state index is -0.731. The lowest BCUT2D eigenvalue weighted by atomic mass is 10.1. The Kier molecular flexibility index (Phi) is 3.90. The molecule has 0 bridgehead atoms. The lowest BCUT2D eigenvalue weighted by Crippen LogP contribution is -1.98. The van der Waals surface area contributed by atoms with Crippen LogP contribution in [0.2, 0.25) is 0 Å². The highest BCUT2D eigenvalue weighted by Crippen LogP contribution is 2.34. The van der Waals surface area contributed by atoms with Crippen LogP contribution in [0.3, 0.4) is 0 Å². The van der Waals surface area contributed by atoms with E-state index in [1.165, 1.54) is 23.5 Å². The van der Waals surface area contributed by atoms with Gasteiger partial charge in [-0.1, -0.05) is 12.1 Å². The van der Waals surface area contributed by atoms with Gasteiger partial charge in [0.25, 0.3) is 0 Å². The number of rotatable bonds is 4. The number of aliphatic hydroxyl groups is 1. The average molecular weight is 302 g/mol. The molecule has 1 heterocycles. The van der Waals surface area contributed by atoms with Crippen LogP contribution >= 0.6 is 11.3 Å². The second-order valence-electron chi connectivity index (χ2n) is 4.74. The third-order valence-electron chi connectivity index (χ3n) is 3.25. The first-order valence-corrected chi connectivity index (χ1v) is 7.59. The van der Waals surface area contributed by atoms with Gasteiger partial charge in [0.1, 0.15) is 17.7 Å². The van der Waals surface area contributed by atoms with E-state index in [1.807, 2.05) is 37.3 Å². The fourth-order valence-electron chi connectivity index (χ4n) is 2.27. The highest BCUT2D eigenvalue weighted by molar-refractivity contribution is 7.19. The molecule has 108 valence electrons. The lowest BCUT2D eigenvalue weighted by Gasteiger charge is -2.10. The highest BCUT2D eigenvalue weighted by Gasteiger charge is 2.14. The summed E-state index contributed by atoms with van der Waals surface area (Å²) >= 11 is 1.47. The predicted octanol–water partition coefficient (Wildman–Crippen LogP) is 4.52. The topological polar surface area (TPSA) is 29.5 Å². The van der Waals surface area contributed by atoms with Gasteiger partial charge in [0.05, 0.1) is 6.61 Å². The average Bonchev–Trinajstić information content (AvgIpc) is 2.90.